The van der Waals surface area contributed by atoms with Crippen molar-refractivity contribution >= 4 is 11.9 Å². The number of aromatic nitrogens is 1. The Morgan fingerprint density at radius 1 is 1.02 bits per heavy atom. The predicted octanol–water partition coefficient (Wildman–Crippen LogP) is 5.98. The predicted molar refractivity (Wildman–Crippen MR) is 178 cm³/mol. The van der Waals surface area contributed by atoms with Crippen LogP contribution in [-0.4, -0.2) is 52.3 Å². The standard InChI is InChI=1S/C38H38F3N3O5/c1-4-25-13-23(10-11-43-18-27(39)19-43)17-44(38(25)48)36-28-14-24(8-9-30(28)40)20-49-32-7-5-6-21(2)34(32)26-12-22(3)35(41)29(15-26)31(16-33(45)46)42-37(36)47/h5-9,12-15,17,27,31,36H,4,10-11,16,18-20H2,1-3H3,(H,42,47)(H,45,46)/t31-,36+/m1/s1. The number of alkyl halides is 1. The first-order valence-electron chi connectivity index (χ1n) is 16.4. The number of hydrogen-bond donors (Lipinski definition) is 2. The molecule has 49 heavy (non-hydrogen) atoms. The molecule has 1 saturated heterocycles. The maximum atomic E-state index is 16.0. The quantitative estimate of drug-likeness (QED) is 0.250. The van der Waals surface area contributed by atoms with Crippen LogP contribution in [0.4, 0.5) is 13.2 Å². The lowest BCUT2D eigenvalue weighted by atomic mass is 9.91. The van der Waals surface area contributed by atoms with E-state index in [2.05, 4.69) is 5.32 Å². The molecule has 4 aromatic rings. The van der Waals surface area contributed by atoms with Crippen LogP contribution in [-0.2, 0) is 29.0 Å². The highest BCUT2D eigenvalue weighted by atomic mass is 19.1. The van der Waals surface area contributed by atoms with E-state index in [-0.39, 0.29) is 23.3 Å². The summed E-state index contributed by atoms with van der Waals surface area (Å²) in [6.07, 6.45) is 0.714. The second kappa shape index (κ2) is 13.9. The smallest absolute Gasteiger partial charge is 0.305 e. The number of carbonyl (C=O) groups is 2. The number of benzene rings is 3. The summed E-state index contributed by atoms with van der Waals surface area (Å²) in [5, 5.41) is 12.6. The molecule has 1 amide bonds. The number of halogens is 3. The van der Waals surface area contributed by atoms with Crippen LogP contribution in [0.25, 0.3) is 11.1 Å². The van der Waals surface area contributed by atoms with Crippen LogP contribution in [0.1, 0.15) is 64.4 Å². The van der Waals surface area contributed by atoms with Gasteiger partial charge in [-0.15, -0.1) is 0 Å². The molecule has 6 rings (SSSR count). The zero-order chi connectivity index (χ0) is 35.0. The van der Waals surface area contributed by atoms with E-state index >= 15 is 8.78 Å². The molecule has 2 N–H and O–H groups in total. The molecule has 0 aliphatic carbocycles. The van der Waals surface area contributed by atoms with Gasteiger partial charge in [0.25, 0.3) is 5.56 Å². The summed E-state index contributed by atoms with van der Waals surface area (Å²) >= 11 is 0. The number of pyridine rings is 1. The highest BCUT2D eigenvalue weighted by Gasteiger charge is 2.33. The van der Waals surface area contributed by atoms with Crippen molar-refractivity contribution in [2.45, 2.75) is 64.9 Å². The molecule has 0 radical (unpaired) electrons. The van der Waals surface area contributed by atoms with Gasteiger partial charge in [0, 0.05) is 48.1 Å². The number of likely N-dealkylation sites (tertiary alicyclic amines) is 1. The zero-order valence-corrected chi connectivity index (χ0v) is 27.6. The van der Waals surface area contributed by atoms with E-state index in [1.165, 1.54) is 35.0 Å². The van der Waals surface area contributed by atoms with Gasteiger partial charge in [0.15, 0.2) is 0 Å². The fourth-order valence-electron chi connectivity index (χ4n) is 6.75. The fourth-order valence-corrected chi connectivity index (χ4v) is 6.75. The van der Waals surface area contributed by atoms with Crippen molar-refractivity contribution < 1.29 is 32.6 Å². The Bertz CT molecular complexity index is 1990. The Morgan fingerprint density at radius 2 is 1.80 bits per heavy atom. The number of ether oxygens (including phenoxy) is 1. The van der Waals surface area contributed by atoms with Crippen molar-refractivity contribution in [1.29, 1.82) is 0 Å². The van der Waals surface area contributed by atoms with Crippen LogP contribution in [0, 0.1) is 25.5 Å². The van der Waals surface area contributed by atoms with Gasteiger partial charge >= 0.3 is 5.97 Å². The Morgan fingerprint density at radius 3 is 2.51 bits per heavy atom. The zero-order valence-electron chi connectivity index (χ0n) is 27.6. The van der Waals surface area contributed by atoms with E-state index in [4.69, 9.17) is 4.74 Å². The van der Waals surface area contributed by atoms with Gasteiger partial charge in [-0.05, 0) is 90.9 Å². The minimum Gasteiger partial charge on any atom is -0.488 e. The number of aliphatic carboxylic acids is 1. The van der Waals surface area contributed by atoms with Crippen molar-refractivity contribution in [3.63, 3.8) is 0 Å². The number of aryl methyl sites for hydroxylation is 3. The van der Waals surface area contributed by atoms with E-state index in [1.54, 1.807) is 32.0 Å². The Balaban J connectivity index is 1.54. The summed E-state index contributed by atoms with van der Waals surface area (Å²) in [4.78, 5) is 42.5. The Kier molecular flexibility index (Phi) is 9.65. The molecule has 1 aromatic heterocycles. The molecule has 3 heterocycles. The number of fused-ring (bicyclic) bond motifs is 6. The molecule has 2 aliphatic rings. The van der Waals surface area contributed by atoms with Crippen LogP contribution in [0.5, 0.6) is 5.75 Å². The van der Waals surface area contributed by atoms with Crippen molar-refractivity contribution in [2.75, 3.05) is 19.6 Å². The molecule has 256 valence electrons. The first-order valence-corrected chi connectivity index (χ1v) is 16.4. The minimum atomic E-state index is -1.59. The number of carbonyl (C=O) groups excluding carboxylic acids is 1. The molecule has 0 spiro atoms. The van der Waals surface area contributed by atoms with E-state index in [1.807, 2.05) is 24.0 Å². The molecular formula is C38H38F3N3O5. The molecule has 2 aliphatic heterocycles. The van der Waals surface area contributed by atoms with Crippen molar-refractivity contribution in [3.05, 3.63) is 122 Å². The normalized spacial score (nSPS) is 18.1. The summed E-state index contributed by atoms with van der Waals surface area (Å²) < 4.78 is 52.8. The third-order valence-corrected chi connectivity index (χ3v) is 9.34. The fraction of sp³-hybridized carbons (Fsp3) is 0.342. The molecule has 0 unspecified atom stereocenters. The van der Waals surface area contributed by atoms with E-state index in [9.17, 15) is 23.9 Å². The second-order valence-corrected chi connectivity index (χ2v) is 12.9. The van der Waals surface area contributed by atoms with Crippen LogP contribution < -0.4 is 15.6 Å². The lowest BCUT2D eigenvalue weighted by molar-refractivity contribution is -0.137. The van der Waals surface area contributed by atoms with Gasteiger partial charge in [0.05, 0.1) is 12.5 Å². The summed E-state index contributed by atoms with van der Waals surface area (Å²) in [5.41, 5.74) is 3.16. The molecule has 4 bridgehead atoms. The second-order valence-electron chi connectivity index (χ2n) is 12.9. The number of hydrogen-bond acceptors (Lipinski definition) is 5. The van der Waals surface area contributed by atoms with Crippen LogP contribution >= 0.6 is 0 Å². The maximum absolute atomic E-state index is 16.0. The molecule has 1 fully saturated rings. The Labute approximate surface area is 282 Å². The highest BCUT2D eigenvalue weighted by molar-refractivity contribution is 5.85. The monoisotopic (exact) mass is 673 g/mol. The largest absolute Gasteiger partial charge is 0.488 e. The van der Waals surface area contributed by atoms with E-state index in [0.29, 0.717) is 66.0 Å². The average Bonchev–Trinajstić information content (AvgIpc) is 3.04. The van der Waals surface area contributed by atoms with Crippen LogP contribution in [0.3, 0.4) is 0 Å². The molecule has 11 heteroatoms. The number of carboxylic acid groups (broad SMARTS) is 1. The maximum Gasteiger partial charge on any atom is 0.305 e. The molecule has 8 nitrogen and oxygen atoms in total. The van der Waals surface area contributed by atoms with Crippen molar-refractivity contribution in [3.8, 4) is 16.9 Å². The molecular weight excluding hydrogens is 635 g/mol. The number of nitrogens with one attached hydrogen (secondary N) is 1. The lowest BCUT2D eigenvalue weighted by Gasteiger charge is -2.34. The SMILES string of the molecule is CCc1cc(CCN2CC(F)C2)cn([C@@H]2C(=O)N[C@H](CC(=O)O)c3cc(cc(C)c3F)-c3c(C)cccc3OCc3ccc(F)c2c3)c1=O. The molecule has 3 aromatic carbocycles. The summed E-state index contributed by atoms with van der Waals surface area (Å²) in [5.74, 6) is -3.17. The highest BCUT2D eigenvalue weighted by Crippen LogP contribution is 2.38. The molecule has 2 atom stereocenters. The van der Waals surface area contributed by atoms with Gasteiger partial charge < -0.3 is 15.2 Å². The first kappa shape index (κ1) is 34.0. The average molecular weight is 674 g/mol. The van der Waals surface area contributed by atoms with Gasteiger partial charge in [0.1, 0.15) is 36.2 Å². The van der Waals surface area contributed by atoms with Gasteiger partial charge in [-0.2, -0.15) is 0 Å². The summed E-state index contributed by atoms with van der Waals surface area (Å²) in [7, 11) is 0. The van der Waals surface area contributed by atoms with Gasteiger partial charge in [0.2, 0.25) is 5.91 Å². The van der Waals surface area contributed by atoms with Gasteiger partial charge in [-0.3, -0.25) is 23.9 Å². The minimum absolute atomic E-state index is 0.00665. The van der Waals surface area contributed by atoms with E-state index in [0.717, 1.165) is 5.56 Å². The lowest BCUT2D eigenvalue weighted by Crippen LogP contribution is -2.49. The van der Waals surface area contributed by atoms with Gasteiger partial charge in [-0.25, -0.2) is 13.2 Å². The number of amides is 1. The van der Waals surface area contributed by atoms with Crippen LogP contribution in [0.15, 0.2) is 65.6 Å². The van der Waals surface area contributed by atoms with Gasteiger partial charge in [-0.1, -0.05) is 25.1 Å². The first-order chi connectivity index (χ1) is 23.4. The number of nitrogens with zero attached hydrogens (tertiary/aromatic N) is 2. The van der Waals surface area contributed by atoms with Crippen molar-refractivity contribution in [1.82, 2.24) is 14.8 Å². The summed E-state index contributed by atoms with van der Waals surface area (Å²) in [6, 6.07) is 11.6. The topological polar surface area (TPSA) is 101 Å². The van der Waals surface area contributed by atoms with E-state index < -0.39 is 53.7 Å². The Hall–Kier alpha value is -4.90. The van der Waals surface area contributed by atoms with Crippen LogP contribution in [0.2, 0.25) is 0 Å². The summed E-state index contributed by atoms with van der Waals surface area (Å²) in [6.45, 7) is 6.37. The van der Waals surface area contributed by atoms with Crippen molar-refractivity contribution in [2.24, 2.45) is 0 Å². The number of rotatable bonds is 7. The third kappa shape index (κ3) is 6.98. The third-order valence-electron chi connectivity index (χ3n) is 9.34. The molecule has 0 saturated carbocycles. The number of carboxylic acids is 1.